The zero-order valence-electron chi connectivity index (χ0n) is 9.64. The van der Waals surface area contributed by atoms with Gasteiger partial charge in [0.25, 0.3) is 0 Å². The van der Waals surface area contributed by atoms with E-state index in [1.165, 1.54) is 0 Å². The number of rotatable bonds is 4. The van der Waals surface area contributed by atoms with E-state index < -0.39 is 0 Å². The van der Waals surface area contributed by atoms with Gasteiger partial charge in [-0.1, -0.05) is 11.6 Å². The van der Waals surface area contributed by atoms with Gasteiger partial charge in [-0.25, -0.2) is 4.98 Å². The van der Waals surface area contributed by atoms with Crippen LogP contribution in [0.1, 0.15) is 22.4 Å². The Bertz CT molecular complexity index is 487. The van der Waals surface area contributed by atoms with Crippen LogP contribution in [0.15, 0.2) is 11.6 Å². The Kier molecular flexibility index (Phi) is 3.78. The minimum Gasteiger partial charge on any atom is -0.271 e. The van der Waals surface area contributed by atoms with Crippen LogP contribution in [0.4, 0.5) is 0 Å². The molecular formula is C10H14ClN5S. The van der Waals surface area contributed by atoms with E-state index in [2.05, 4.69) is 15.5 Å². The molecule has 7 heteroatoms. The Balaban J connectivity index is 2.22. The number of nitrogens with two attached hydrogens (primary N) is 1. The summed E-state index contributed by atoms with van der Waals surface area (Å²) >= 11 is 7.72. The van der Waals surface area contributed by atoms with Crippen molar-refractivity contribution in [2.45, 2.75) is 19.4 Å². The highest BCUT2D eigenvalue weighted by atomic mass is 35.5. The number of aryl methyl sites for hydroxylation is 2. The van der Waals surface area contributed by atoms with Gasteiger partial charge in [-0.2, -0.15) is 5.10 Å². The predicted molar refractivity (Wildman–Crippen MR) is 68.8 cm³/mol. The molecule has 2 aromatic rings. The summed E-state index contributed by atoms with van der Waals surface area (Å²) in [5.74, 6) is 5.58. The third-order valence-electron chi connectivity index (χ3n) is 2.51. The molecule has 1 atom stereocenters. The van der Waals surface area contributed by atoms with Crippen LogP contribution in [0.3, 0.4) is 0 Å². The molecule has 5 nitrogen and oxygen atoms in total. The quantitative estimate of drug-likeness (QED) is 0.654. The van der Waals surface area contributed by atoms with E-state index in [4.69, 9.17) is 17.4 Å². The lowest BCUT2D eigenvalue weighted by Gasteiger charge is -2.15. The molecule has 0 saturated carbocycles. The fraction of sp³-hybridized carbons (Fsp3) is 0.400. The summed E-state index contributed by atoms with van der Waals surface area (Å²) in [6.45, 7) is 1.97. The van der Waals surface area contributed by atoms with Gasteiger partial charge in [0.2, 0.25) is 0 Å². The molecule has 0 amide bonds. The zero-order chi connectivity index (χ0) is 12.4. The lowest BCUT2D eigenvalue weighted by molar-refractivity contribution is 0.507. The van der Waals surface area contributed by atoms with E-state index >= 15 is 0 Å². The highest BCUT2D eigenvalue weighted by Crippen LogP contribution is 2.25. The van der Waals surface area contributed by atoms with Gasteiger partial charge in [0.15, 0.2) is 0 Å². The van der Waals surface area contributed by atoms with Gasteiger partial charge in [0, 0.05) is 24.5 Å². The molecule has 0 aliphatic rings. The highest BCUT2D eigenvalue weighted by molar-refractivity contribution is 7.09. The molecule has 0 saturated heterocycles. The van der Waals surface area contributed by atoms with E-state index in [1.807, 2.05) is 19.4 Å². The standard InChI is InChI=1S/C10H14ClN5S/c1-6-5-17-9(14-6)3-8(15-12)10-7(11)4-13-16(10)2/h4-5,8,15H,3,12H2,1-2H3. The maximum atomic E-state index is 6.09. The zero-order valence-corrected chi connectivity index (χ0v) is 11.2. The van der Waals surface area contributed by atoms with E-state index in [0.29, 0.717) is 11.4 Å². The summed E-state index contributed by atoms with van der Waals surface area (Å²) in [7, 11) is 1.85. The lowest BCUT2D eigenvalue weighted by atomic mass is 10.1. The Morgan fingerprint density at radius 1 is 1.65 bits per heavy atom. The lowest BCUT2D eigenvalue weighted by Crippen LogP contribution is -2.31. The van der Waals surface area contributed by atoms with Gasteiger partial charge < -0.3 is 0 Å². The van der Waals surface area contributed by atoms with Gasteiger partial charge in [-0.3, -0.25) is 16.0 Å². The van der Waals surface area contributed by atoms with Gasteiger partial charge in [0.1, 0.15) is 0 Å². The molecule has 0 radical (unpaired) electrons. The van der Waals surface area contributed by atoms with Gasteiger partial charge in [-0.15, -0.1) is 11.3 Å². The van der Waals surface area contributed by atoms with E-state index in [9.17, 15) is 0 Å². The van der Waals surface area contributed by atoms with Gasteiger partial charge >= 0.3 is 0 Å². The third kappa shape index (κ3) is 2.66. The highest BCUT2D eigenvalue weighted by Gasteiger charge is 2.19. The number of aromatic nitrogens is 3. The molecular weight excluding hydrogens is 258 g/mol. The SMILES string of the molecule is Cc1csc(CC(NN)c2c(Cl)cnn2C)n1. The number of halogens is 1. The van der Waals surface area contributed by atoms with Crippen molar-refractivity contribution in [2.24, 2.45) is 12.9 Å². The normalized spacial score (nSPS) is 12.9. The third-order valence-corrected chi connectivity index (χ3v) is 3.79. The molecule has 17 heavy (non-hydrogen) atoms. The molecule has 2 rings (SSSR count). The average Bonchev–Trinajstić information content (AvgIpc) is 2.84. The van der Waals surface area contributed by atoms with Gasteiger partial charge in [0.05, 0.1) is 28.0 Å². The van der Waals surface area contributed by atoms with Crippen molar-refractivity contribution >= 4 is 22.9 Å². The summed E-state index contributed by atoms with van der Waals surface area (Å²) in [5, 5.41) is 7.77. The Morgan fingerprint density at radius 3 is 2.88 bits per heavy atom. The summed E-state index contributed by atoms with van der Waals surface area (Å²) < 4.78 is 1.73. The number of nitrogens with one attached hydrogen (secondary N) is 1. The van der Waals surface area contributed by atoms with Gasteiger partial charge in [-0.05, 0) is 6.92 Å². The second-order valence-corrected chi connectivity index (χ2v) is 5.16. The van der Waals surface area contributed by atoms with Crippen LogP contribution in [-0.2, 0) is 13.5 Å². The molecule has 0 aliphatic heterocycles. The molecule has 3 N–H and O–H groups in total. The van der Waals surface area contributed by atoms with E-state index in [-0.39, 0.29) is 6.04 Å². The van der Waals surface area contributed by atoms with Crippen LogP contribution in [0.25, 0.3) is 0 Å². The summed E-state index contributed by atoms with van der Waals surface area (Å²) in [6, 6.07) is -0.0828. The summed E-state index contributed by atoms with van der Waals surface area (Å²) in [5.41, 5.74) is 4.67. The first-order valence-corrected chi connectivity index (χ1v) is 6.42. The van der Waals surface area contributed by atoms with Crippen molar-refractivity contribution in [3.63, 3.8) is 0 Å². The second kappa shape index (κ2) is 5.14. The molecule has 1 unspecified atom stereocenters. The first-order valence-electron chi connectivity index (χ1n) is 5.16. The van der Waals surface area contributed by atoms with E-state index in [0.717, 1.165) is 16.4 Å². The molecule has 2 aromatic heterocycles. The maximum absolute atomic E-state index is 6.09. The van der Waals surface area contributed by atoms with Crippen molar-refractivity contribution in [2.75, 3.05) is 0 Å². The Hall–Kier alpha value is -0.950. The summed E-state index contributed by atoms with van der Waals surface area (Å²) in [6.07, 6.45) is 2.32. The fourth-order valence-electron chi connectivity index (χ4n) is 1.72. The number of nitrogens with zero attached hydrogens (tertiary/aromatic N) is 3. The fourth-order valence-corrected chi connectivity index (χ4v) is 2.83. The van der Waals surface area contributed by atoms with Crippen LogP contribution in [-0.4, -0.2) is 14.8 Å². The van der Waals surface area contributed by atoms with Crippen LogP contribution in [0, 0.1) is 6.92 Å². The van der Waals surface area contributed by atoms with E-state index in [1.54, 1.807) is 22.2 Å². The minimum absolute atomic E-state index is 0.0828. The summed E-state index contributed by atoms with van der Waals surface area (Å²) in [4.78, 5) is 4.42. The number of hydrogen-bond acceptors (Lipinski definition) is 5. The number of hydrogen-bond donors (Lipinski definition) is 2. The molecule has 0 aliphatic carbocycles. The number of thiazole rings is 1. The Labute approximate surface area is 109 Å². The van der Waals surface area contributed by atoms with Crippen molar-refractivity contribution in [3.05, 3.63) is 33.0 Å². The number of hydrazine groups is 1. The first-order chi connectivity index (χ1) is 8.11. The molecule has 92 valence electrons. The predicted octanol–water partition coefficient (Wildman–Crippen LogP) is 1.59. The van der Waals surface area contributed by atoms with Crippen molar-refractivity contribution in [1.29, 1.82) is 0 Å². The minimum atomic E-state index is -0.0828. The van der Waals surface area contributed by atoms with Crippen molar-refractivity contribution < 1.29 is 0 Å². The maximum Gasteiger partial charge on any atom is 0.0948 e. The molecule has 0 aromatic carbocycles. The second-order valence-electron chi connectivity index (χ2n) is 3.81. The topological polar surface area (TPSA) is 68.8 Å². The average molecular weight is 272 g/mol. The largest absolute Gasteiger partial charge is 0.271 e. The van der Waals surface area contributed by atoms with Crippen LogP contribution in [0.2, 0.25) is 5.02 Å². The molecule has 0 fully saturated rings. The Morgan fingerprint density at radius 2 is 2.41 bits per heavy atom. The molecule has 2 heterocycles. The van der Waals surface area contributed by atoms with Crippen molar-refractivity contribution in [3.8, 4) is 0 Å². The first kappa shape index (κ1) is 12.5. The monoisotopic (exact) mass is 271 g/mol. The van der Waals surface area contributed by atoms with Crippen LogP contribution >= 0.6 is 22.9 Å². The van der Waals surface area contributed by atoms with Crippen molar-refractivity contribution in [1.82, 2.24) is 20.2 Å². The molecule has 0 spiro atoms. The molecule has 0 bridgehead atoms. The van der Waals surface area contributed by atoms with Crippen LogP contribution in [0.5, 0.6) is 0 Å². The smallest absolute Gasteiger partial charge is 0.0948 e. The van der Waals surface area contributed by atoms with Crippen LogP contribution < -0.4 is 11.3 Å².